The Balaban J connectivity index is 1.99. The molecule has 0 bridgehead atoms. The molecule has 1 saturated heterocycles. The normalized spacial score (nSPS) is 25.5. The maximum Gasteiger partial charge on any atom is 0.240 e. The monoisotopic (exact) mass is 232 g/mol. The molecule has 92 valence electrons. The Kier molecular flexibility index (Phi) is 3.48. The molecule has 1 aromatic carbocycles. The molecule has 1 aromatic rings. The molecule has 2 unspecified atom stereocenters. The minimum atomic E-state index is -0.386. The van der Waals surface area contributed by atoms with E-state index in [1.807, 2.05) is 44.2 Å². The summed E-state index contributed by atoms with van der Waals surface area (Å²) in [6, 6.07) is 10.1. The Hall–Kier alpha value is -1.35. The van der Waals surface area contributed by atoms with Crippen molar-refractivity contribution in [1.82, 2.24) is 10.6 Å². The fourth-order valence-corrected chi connectivity index (χ4v) is 2.27. The van der Waals surface area contributed by atoms with Crippen LogP contribution in [0.2, 0.25) is 0 Å². The molecule has 3 heteroatoms. The topological polar surface area (TPSA) is 41.1 Å². The van der Waals surface area contributed by atoms with Gasteiger partial charge in [0.25, 0.3) is 0 Å². The Morgan fingerprint density at radius 3 is 2.71 bits per heavy atom. The highest BCUT2D eigenvalue weighted by molar-refractivity contribution is 5.86. The zero-order chi connectivity index (χ0) is 12.3. The highest BCUT2D eigenvalue weighted by Gasteiger charge is 2.36. The van der Waals surface area contributed by atoms with Crippen LogP contribution in [-0.2, 0) is 4.79 Å². The van der Waals surface area contributed by atoms with Gasteiger partial charge in [-0.05, 0) is 38.8 Å². The van der Waals surface area contributed by atoms with Gasteiger partial charge in [-0.2, -0.15) is 0 Å². The van der Waals surface area contributed by atoms with Gasteiger partial charge in [0.2, 0.25) is 5.91 Å². The first kappa shape index (κ1) is 12.1. The lowest BCUT2D eigenvalue weighted by Crippen LogP contribution is -2.51. The van der Waals surface area contributed by atoms with E-state index < -0.39 is 0 Å². The summed E-state index contributed by atoms with van der Waals surface area (Å²) in [5.74, 6) is 0.103. The highest BCUT2D eigenvalue weighted by Crippen LogP contribution is 2.20. The summed E-state index contributed by atoms with van der Waals surface area (Å²) in [7, 11) is 0. The van der Waals surface area contributed by atoms with Crippen LogP contribution in [0, 0.1) is 0 Å². The van der Waals surface area contributed by atoms with E-state index in [-0.39, 0.29) is 17.5 Å². The minimum Gasteiger partial charge on any atom is -0.348 e. The Morgan fingerprint density at radius 2 is 2.12 bits per heavy atom. The van der Waals surface area contributed by atoms with E-state index in [2.05, 4.69) is 10.6 Å². The van der Waals surface area contributed by atoms with Gasteiger partial charge in [-0.3, -0.25) is 4.79 Å². The number of carbonyl (C=O) groups is 1. The van der Waals surface area contributed by atoms with Crippen LogP contribution in [0.3, 0.4) is 0 Å². The zero-order valence-electron chi connectivity index (χ0n) is 10.5. The van der Waals surface area contributed by atoms with Crippen molar-refractivity contribution in [1.29, 1.82) is 0 Å². The summed E-state index contributed by atoms with van der Waals surface area (Å²) in [6.45, 7) is 4.93. The van der Waals surface area contributed by atoms with Gasteiger partial charge in [0.05, 0.1) is 11.6 Å². The van der Waals surface area contributed by atoms with Crippen LogP contribution in [0.4, 0.5) is 0 Å². The zero-order valence-corrected chi connectivity index (χ0v) is 10.5. The van der Waals surface area contributed by atoms with E-state index in [9.17, 15) is 4.79 Å². The van der Waals surface area contributed by atoms with Crippen LogP contribution >= 0.6 is 0 Å². The van der Waals surface area contributed by atoms with Gasteiger partial charge >= 0.3 is 0 Å². The molecule has 0 aliphatic carbocycles. The molecule has 1 aliphatic rings. The van der Waals surface area contributed by atoms with Crippen LogP contribution < -0.4 is 10.6 Å². The van der Waals surface area contributed by atoms with Crippen molar-refractivity contribution in [2.24, 2.45) is 0 Å². The lowest BCUT2D eigenvalue weighted by molar-refractivity contribution is -0.127. The largest absolute Gasteiger partial charge is 0.348 e. The van der Waals surface area contributed by atoms with E-state index in [1.165, 1.54) is 0 Å². The van der Waals surface area contributed by atoms with E-state index in [4.69, 9.17) is 0 Å². The van der Waals surface area contributed by atoms with Crippen LogP contribution in [0.1, 0.15) is 38.3 Å². The van der Waals surface area contributed by atoms with Crippen LogP contribution in [0.15, 0.2) is 30.3 Å². The van der Waals surface area contributed by atoms with Crippen molar-refractivity contribution in [2.75, 3.05) is 6.54 Å². The molecule has 2 rings (SSSR count). The lowest BCUT2D eigenvalue weighted by Gasteiger charge is -2.25. The number of benzene rings is 1. The van der Waals surface area contributed by atoms with Crippen molar-refractivity contribution in [3.05, 3.63) is 35.9 Å². The molecule has 0 saturated carbocycles. The predicted octanol–water partition coefficient (Wildman–Crippen LogP) is 2.01. The predicted molar refractivity (Wildman–Crippen MR) is 68.6 cm³/mol. The minimum absolute atomic E-state index is 0.0583. The molecular weight excluding hydrogens is 212 g/mol. The second kappa shape index (κ2) is 4.88. The molecule has 1 amide bonds. The lowest BCUT2D eigenvalue weighted by atomic mass is 9.98. The van der Waals surface area contributed by atoms with Crippen molar-refractivity contribution < 1.29 is 4.79 Å². The number of amides is 1. The van der Waals surface area contributed by atoms with E-state index in [0.29, 0.717) is 0 Å². The van der Waals surface area contributed by atoms with Crippen molar-refractivity contribution in [2.45, 2.75) is 38.3 Å². The molecule has 1 aliphatic heterocycles. The third-order valence-electron chi connectivity index (χ3n) is 3.52. The molecule has 17 heavy (non-hydrogen) atoms. The molecule has 2 atom stereocenters. The van der Waals surface area contributed by atoms with E-state index in [0.717, 1.165) is 24.9 Å². The number of carbonyl (C=O) groups excluding carboxylic acids is 1. The second-order valence-corrected chi connectivity index (χ2v) is 4.97. The molecule has 3 nitrogen and oxygen atoms in total. The first-order chi connectivity index (χ1) is 8.12. The summed E-state index contributed by atoms with van der Waals surface area (Å²) in [4.78, 5) is 12.2. The van der Waals surface area contributed by atoms with Gasteiger partial charge in [-0.15, -0.1) is 0 Å². The van der Waals surface area contributed by atoms with Crippen LogP contribution in [0.25, 0.3) is 0 Å². The van der Waals surface area contributed by atoms with Gasteiger partial charge in [0, 0.05) is 0 Å². The molecule has 1 heterocycles. The number of hydrogen-bond acceptors (Lipinski definition) is 2. The molecule has 1 fully saturated rings. The molecular formula is C14H20N2O. The summed E-state index contributed by atoms with van der Waals surface area (Å²) in [6.07, 6.45) is 1.99. The van der Waals surface area contributed by atoms with Gasteiger partial charge in [0.15, 0.2) is 0 Å². The molecule has 0 radical (unpaired) electrons. The molecule has 2 N–H and O–H groups in total. The first-order valence-electron chi connectivity index (χ1n) is 6.23. The van der Waals surface area contributed by atoms with Gasteiger partial charge < -0.3 is 10.6 Å². The molecule has 0 aromatic heterocycles. The summed E-state index contributed by atoms with van der Waals surface area (Å²) in [5, 5.41) is 6.35. The van der Waals surface area contributed by atoms with Crippen molar-refractivity contribution >= 4 is 5.91 Å². The molecule has 0 spiro atoms. The number of rotatable bonds is 3. The maximum atomic E-state index is 12.2. The standard InChI is InChI=1S/C14H20N2O/c1-11(12-7-4-3-5-8-12)16-13(17)14(2)9-6-10-15-14/h3-5,7-8,11,15H,6,9-10H2,1-2H3,(H,16,17). The average Bonchev–Trinajstić information content (AvgIpc) is 2.78. The quantitative estimate of drug-likeness (QED) is 0.837. The summed E-state index contributed by atoms with van der Waals surface area (Å²) >= 11 is 0. The average molecular weight is 232 g/mol. The van der Waals surface area contributed by atoms with Gasteiger partial charge in [0.1, 0.15) is 0 Å². The number of nitrogens with one attached hydrogen (secondary N) is 2. The van der Waals surface area contributed by atoms with E-state index in [1.54, 1.807) is 0 Å². The Bertz CT molecular complexity index is 382. The highest BCUT2D eigenvalue weighted by atomic mass is 16.2. The van der Waals surface area contributed by atoms with Crippen LogP contribution in [-0.4, -0.2) is 18.0 Å². The third kappa shape index (κ3) is 2.67. The summed E-state index contributed by atoms with van der Waals surface area (Å²) < 4.78 is 0. The Labute approximate surface area is 103 Å². The van der Waals surface area contributed by atoms with Crippen molar-refractivity contribution in [3.63, 3.8) is 0 Å². The smallest absolute Gasteiger partial charge is 0.240 e. The first-order valence-corrected chi connectivity index (χ1v) is 6.23. The van der Waals surface area contributed by atoms with Crippen LogP contribution in [0.5, 0.6) is 0 Å². The van der Waals surface area contributed by atoms with E-state index >= 15 is 0 Å². The van der Waals surface area contributed by atoms with Gasteiger partial charge in [-0.1, -0.05) is 30.3 Å². The fraction of sp³-hybridized carbons (Fsp3) is 0.500. The van der Waals surface area contributed by atoms with Crippen molar-refractivity contribution in [3.8, 4) is 0 Å². The maximum absolute atomic E-state index is 12.2. The van der Waals surface area contributed by atoms with Gasteiger partial charge in [-0.25, -0.2) is 0 Å². The Morgan fingerprint density at radius 1 is 1.41 bits per heavy atom. The number of hydrogen-bond donors (Lipinski definition) is 2. The SMILES string of the molecule is CC(NC(=O)C1(C)CCCN1)c1ccccc1. The summed E-state index contributed by atoms with van der Waals surface area (Å²) in [5.41, 5.74) is 0.755. The second-order valence-electron chi connectivity index (χ2n) is 4.97. The third-order valence-corrected chi connectivity index (χ3v) is 3.52. The fourth-order valence-electron chi connectivity index (χ4n) is 2.27.